The molecule has 110 valence electrons. The molecule has 0 N–H and O–H groups in total. The van der Waals surface area contributed by atoms with Crippen molar-refractivity contribution in [3.63, 3.8) is 0 Å². The largest absolute Gasteiger partial charge is 0.352 e. The van der Waals surface area contributed by atoms with Crippen molar-refractivity contribution in [1.29, 1.82) is 0 Å². The molecule has 2 nitrogen and oxygen atoms in total. The van der Waals surface area contributed by atoms with E-state index in [0.29, 0.717) is 17.8 Å². The van der Waals surface area contributed by atoms with Crippen molar-refractivity contribution >= 4 is 0 Å². The third-order valence-corrected chi connectivity index (χ3v) is 5.40. The molecule has 0 spiro atoms. The lowest BCUT2D eigenvalue weighted by Crippen LogP contribution is -2.47. The molecule has 0 aromatic heterocycles. The van der Waals surface area contributed by atoms with E-state index in [9.17, 15) is 0 Å². The normalized spacial score (nSPS) is 41.7. The molecule has 0 amide bonds. The van der Waals surface area contributed by atoms with Crippen LogP contribution in [0.2, 0.25) is 0 Å². The topological polar surface area (TPSA) is 18.5 Å². The van der Waals surface area contributed by atoms with Crippen molar-refractivity contribution in [2.45, 2.75) is 60.2 Å². The van der Waals surface area contributed by atoms with Crippen LogP contribution in [0.4, 0.5) is 0 Å². The van der Waals surface area contributed by atoms with E-state index >= 15 is 0 Å². The predicted octanol–water partition coefficient (Wildman–Crippen LogP) is 4.40. The van der Waals surface area contributed by atoms with Crippen LogP contribution in [0.5, 0.6) is 0 Å². The van der Waals surface area contributed by atoms with Gasteiger partial charge in [0.05, 0.1) is 13.2 Å². The monoisotopic (exact) mass is 266 g/mol. The fourth-order valence-electron chi connectivity index (χ4n) is 3.36. The fourth-order valence-corrected chi connectivity index (χ4v) is 3.36. The standard InChI is InChI=1S/C17H30O2/c1-6-14(4)17(5)10-18-16(19-11-17)15-8-7-12(2)9-13(15)3/h9,13-16H,6-8,10-11H2,1-5H3/t13-,14-,15+,16?,17?/m0/s1. The average Bonchev–Trinajstić information content (AvgIpc) is 2.39. The minimum Gasteiger partial charge on any atom is -0.352 e. The van der Waals surface area contributed by atoms with Crippen LogP contribution in [0.1, 0.15) is 53.9 Å². The summed E-state index contributed by atoms with van der Waals surface area (Å²) >= 11 is 0. The Morgan fingerprint density at radius 2 is 2.00 bits per heavy atom. The first kappa shape index (κ1) is 15.1. The van der Waals surface area contributed by atoms with Gasteiger partial charge in [0, 0.05) is 11.3 Å². The van der Waals surface area contributed by atoms with Crippen LogP contribution in [0.3, 0.4) is 0 Å². The molecule has 1 aliphatic heterocycles. The van der Waals surface area contributed by atoms with Crippen molar-refractivity contribution in [2.24, 2.45) is 23.2 Å². The van der Waals surface area contributed by atoms with Gasteiger partial charge in [0.15, 0.2) is 6.29 Å². The van der Waals surface area contributed by atoms with Gasteiger partial charge in [-0.25, -0.2) is 0 Å². The highest BCUT2D eigenvalue weighted by Crippen LogP contribution is 2.39. The summed E-state index contributed by atoms with van der Waals surface area (Å²) < 4.78 is 12.2. The highest BCUT2D eigenvalue weighted by atomic mass is 16.7. The number of ether oxygens (including phenoxy) is 2. The van der Waals surface area contributed by atoms with Crippen molar-refractivity contribution in [3.8, 4) is 0 Å². The lowest BCUT2D eigenvalue weighted by molar-refractivity contribution is -0.260. The zero-order valence-electron chi connectivity index (χ0n) is 13.2. The highest BCUT2D eigenvalue weighted by molar-refractivity contribution is 5.06. The van der Waals surface area contributed by atoms with Crippen LogP contribution in [0, 0.1) is 23.2 Å². The summed E-state index contributed by atoms with van der Waals surface area (Å²) in [5, 5.41) is 0. The van der Waals surface area contributed by atoms with Gasteiger partial charge in [0.2, 0.25) is 0 Å². The molecule has 1 saturated heterocycles. The van der Waals surface area contributed by atoms with Gasteiger partial charge in [-0.2, -0.15) is 0 Å². The number of rotatable bonds is 3. The Kier molecular flexibility index (Phi) is 4.73. The molecule has 0 radical (unpaired) electrons. The van der Waals surface area contributed by atoms with Crippen LogP contribution < -0.4 is 0 Å². The van der Waals surface area contributed by atoms with Gasteiger partial charge < -0.3 is 9.47 Å². The van der Waals surface area contributed by atoms with Gasteiger partial charge in [0.1, 0.15) is 0 Å². The Balaban J connectivity index is 1.93. The van der Waals surface area contributed by atoms with Crippen molar-refractivity contribution < 1.29 is 9.47 Å². The SMILES string of the molecule is CC[C@H](C)C1(C)COC([C@@H]2CCC(C)=C[C@@H]2C)OC1. The molecule has 1 fully saturated rings. The molecule has 3 atom stereocenters. The first-order valence-corrected chi connectivity index (χ1v) is 7.87. The summed E-state index contributed by atoms with van der Waals surface area (Å²) in [6.07, 6.45) is 5.99. The fraction of sp³-hybridized carbons (Fsp3) is 0.882. The van der Waals surface area contributed by atoms with Crippen molar-refractivity contribution in [2.75, 3.05) is 13.2 Å². The van der Waals surface area contributed by atoms with E-state index in [2.05, 4.69) is 40.7 Å². The molecule has 0 aromatic rings. The number of hydrogen-bond donors (Lipinski definition) is 0. The van der Waals surface area contributed by atoms with E-state index in [1.807, 2.05) is 0 Å². The average molecular weight is 266 g/mol. The maximum atomic E-state index is 6.11. The minimum atomic E-state index is 0.0106. The summed E-state index contributed by atoms with van der Waals surface area (Å²) in [6, 6.07) is 0. The van der Waals surface area contributed by atoms with E-state index in [4.69, 9.17) is 9.47 Å². The quantitative estimate of drug-likeness (QED) is 0.705. The molecule has 2 rings (SSSR count). The Hall–Kier alpha value is -0.340. The molecule has 0 bridgehead atoms. The Morgan fingerprint density at radius 1 is 1.37 bits per heavy atom. The molecular formula is C17H30O2. The smallest absolute Gasteiger partial charge is 0.160 e. The number of hydrogen-bond acceptors (Lipinski definition) is 2. The van der Waals surface area contributed by atoms with Crippen LogP contribution >= 0.6 is 0 Å². The van der Waals surface area contributed by atoms with Gasteiger partial charge in [-0.05, 0) is 31.6 Å². The lowest BCUT2D eigenvalue weighted by atomic mass is 9.76. The summed E-state index contributed by atoms with van der Waals surface area (Å²) in [5.74, 6) is 1.76. The molecule has 0 saturated carbocycles. The molecule has 0 aromatic carbocycles. The van der Waals surface area contributed by atoms with Crippen LogP contribution in [0.25, 0.3) is 0 Å². The van der Waals surface area contributed by atoms with E-state index in [1.54, 1.807) is 0 Å². The summed E-state index contributed by atoms with van der Waals surface area (Å²) in [7, 11) is 0. The maximum Gasteiger partial charge on any atom is 0.160 e. The lowest BCUT2D eigenvalue weighted by Gasteiger charge is -2.44. The Bertz CT molecular complexity index is 326. The highest BCUT2D eigenvalue weighted by Gasteiger charge is 2.40. The van der Waals surface area contributed by atoms with E-state index in [1.165, 1.54) is 24.8 Å². The Morgan fingerprint density at radius 3 is 2.53 bits per heavy atom. The van der Waals surface area contributed by atoms with Gasteiger partial charge >= 0.3 is 0 Å². The van der Waals surface area contributed by atoms with Gasteiger partial charge in [-0.3, -0.25) is 0 Å². The molecule has 2 heteroatoms. The summed E-state index contributed by atoms with van der Waals surface area (Å²) in [5.41, 5.74) is 1.71. The molecular weight excluding hydrogens is 236 g/mol. The summed E-state index contributed by atoms with van der Waals surface area (Å²) in [4.78, 5) is 0. The van der Waals surface area contributed by atoms with Crippen LogP contribution in [0.15, 0.2) is 11.6 Å². The molecule has 2 aliphatic rings. The molecule has 1 aliphatic carbocycles. The first-order chi connectivity index (χ1) is 8.96. The van der Waals surface area contributed by atoms with E-state index in [0.717, 1.165) is 13.2 Å². The Labute approximate surface area is 118 Å². The second-order valence-corrected chi connectivity index (χ2v) is 7.03. The first-order valence-electron chi connectivity index (χ1n) is 7.87. The molecule has 19 heavy (non-hydrogen) atoms. The van der Waals surface area contributed by atoms with Crippen LogP contribution in [-0.4, -0.2) is 19.5 Å². The van der Waals surface area contributed by atoms with Gasteiger partial charge in [-0.1, -0.05) is 45.8 Å². The third-order valence-electron chi connectivity index (χ3n) is 5.40. The van der Waals surface area contributed by atoms with Crippen molar-refractivity contribution in [1.82, 2.24) is 0 Å². The second kappa shape index (κ2) is 5.97. The maximum absolute atomic E-state index is 6.11. The third kappa shape index (κ3) is 3.22. The zero-order chi connectivity index (χ0) is 14.0. The van der Waals surface area contributed by atoms with E-state index < -0.39 is 0 Å². The number of allylic oxidation sites excluding steroid dienone is 2. The van der Waals surface area contributed by atoms with Crippen LogP contribution in [-0.2, 0) is 9.47 Å². The zero-order valence-corrected chi connectivity index (χ0v) is 13.2. The predicted molar refractivity (Wildman–Crippen MR) is 78.9 cm³/mol. The molecule has 0 unspecified atom stereocenters. The van der Waals surface area contributed by atoms with Gasteiger partial charge in [-0.15, -0.1) is 0 Å². The minimum absolute atomic E-state index is 0.0106. The molecule has 1 heterocycles. The van der Waals surface area contributed by atoms with Gasteiger partial charge in [0.25, 0.3) is 0 Å². The summed E-state index contributed by atoms with van der Waals surface area (Å²) in [6.45, 7) is 13.1. The van der Waals surface area contributed by atoms with Crippen molar-refractivity contribution in [3.05, 3.63) is 11.6 Å². The second-order valence-electron chi connectivity index (χ2n) is 7.03. The van der Waals surface area contributed by atoms with E-state index in [-0.39, 0.29) is 11.7 Å².